The Morgan fingerprint density at radius 3 is 2.58 bits per heavy atom. The molecule has 0 spiro atoms. The van der Waals surface area contributed by atoms with Crippen LogP contribution in [0.4, 0.5) is 18.0 Å². The molecule has 0 aromatic heterocycles. The van der Waals surface area contributed by atoms with E-state index in [0.29, 0.717) is 11.1 Å². The van der Waals surface area contributed by atoms with Gasteiger partial charge >= 0.3 is 12.7 Å². The zero-order valence-electron chi connectivity index (χ0n) is 18.8. The second kappa shape index (κ2) is 9.76. The molecule has 2 aliphatic heterocycles. The average molecular weight is 507 g/mol. The van der Waals surface area contributed by atoms with Crippen LogP contribution in [-0.4, -0.2) is 48.5 Å². The number of carbonyl (C=O) groups excluding carboxylic acids is 4. The zero-order valence-corrected chi connectivity index (χ0v) is 18.8. The summed E-state index contributed by atoms with van der Waals surface area (Å²) in [6.07, 6.45) is -1.31. The molecule has 0 bridgehead atoms. The second-order valence-electron chi connectivity index (χ2n) is 8.08. The number of methoxy groups -OCH3 is 1. The molecule has 2 aliphatic rings. The van der Waals surface area contributed by atoms with Crippen molar-refractivity contribution in [3.63, 3.8) is 0 Å². The molecule has 13 heteroatoms. The quantitative estimate of drug-likeness (QED) is 0.549. The molecule has 4 amide bonds. The van der Waals surface area contributed by atoms with Gasteiger partial charge in [0.1, 0.15) is 29.1 Å². The number of ether oxygens (including phenoxy) is 3. The number of nitrogens with zero attached hydrogens (tertiary/aromatic N) is 1. The maximum absolute atomic E-state index is 14.9. The molecule has 2 aromatic rings. The molecule has 1 saturated heterocycles. The van der Waals surface area contributed by atoms with E-state index in [2.05, 4.69) is 14.8 Å². The molecule has 36 heavy (non-hydrogen) atoms. The van der Waals surface area contributed by atoms with Gasteiger partial charge in [-0.15, -0.1) is 0 Å². The van der Waals surface area contributed by atoms with E-state index in [9.17, 15) is 32.3 Å². The van der Waals surface area contributed by atoms with Gasteiger partial charge in [-0.25, -0.2) is 9.18 Å². The highest BCUT2D eigenvalue weighted by Gasteiger charge is 2.40. The van der Waals surface area contributed by atoms with Crippen molar-refractivity contribution < 1.29 is 46.6 Å². The monoisotopic (exact) mass is 507 g/mol. The molecule has 0 saturated carbocycles. The molecule has 0 aliphatic carbocycles. The average Bonchev–Trinajstić information content (AvgIpc) is 3.11. The zero-order chi connectivity index (χ0) is 26.1. The third-order valence-electron chi connectivity index (χ3n) is 5.84. The molecule has 1 atom stereocenters. The standard InChI is InChI=1S/C23H20F3N3O7/c1-34-17-6-10(5-13-15(24)7-11(35-23(27)33)8-18(13)36-22(25)26)4-12-14(17)9-29(21(12)32)16-2-3-19(30)28-20(16)31/h4,6-8,16,22H,2-3,5,9H2,1H3,(H2,27,33)(H,28,30,31). The van der Waals surface area contributed by atoms with Crippen LogP contribution >= 0.6 is 0 Å². The number of alkyl halides is 2. The van der Waals surface area contributed by atoms with Crippen LogP contribution in [0, 0.1) is 5.82 Å². The molecule has 3 N–H and O–H groups in total. The Balaban J connectivity index is 1.68. The van der Waals surface area contributed by atoms with Crippen molar-refractivity contribution in [3.8, 4) is 17.2 Å². The normalized spacial score (nSPS) is 17.2. The van der Waals surface area contributed by atoms with Crippen LogP contribution in [0.25, 0.3) is 0 Å². The summed E-state index contributed by atoms with van der Waals surface area (Å²) in [5.74, 6) is -3.25. The first-order valence-electron chi connectivity index (χ1n) is 10.7. The minimum Gasteiger partial charge on any atom is -0.496 e. The minimum absolute atomic E-state index is 0.0527. The summed E-state index contributed by atoms with van der Waals surface area (Å²) >= 11 is 0. The van der Waals surface area contributed by atoms with Gasteiger partial charge in [0.2, 0.25) is 11.8 Å². The number of nitrogens with two attached hydrogens (primary N) is 1. The Labute approximate surface area is 202 Å². The van der Waals surface area contributed by atoms with Gasteiger partial charge in [0, 0.05) is 41.7 Å². The van der Waals surface area contributed by atoms with Crippen LogP contribution in [0.1, 0.15) is 39.9 Å². The van der Waals surface area contributed by atoms with Crippen LogP contribution in [0.15, 0.2) is 24.3 Å². The number of benzene rings is 2. The number of amides is 4. The van der Waals surface area contributed by atoms with Crippen molar-refractivity contribution >= 4 is 23.8 Å². The van der Waals surface area contributed by atoms with Crippen molar-refractivity contribution in [1.82, 2.24) is 10.2 Å². The summed E-state index contributed by atoms with van der Waals surface area (Å²) in [6, 6.07) is 3.80. The van der Waals surface area contributed by atoms with Gasteiger partial charge in [-0.05, 0) is 24.1 Å². The number of imide groups is 1. The Bertz CT molecular complexity index is 1270. The van der Waals surface area contributed by atoms with Gasteiger partial charge in [0.25, 0.3) is 5.91 Å². The fourth-order valence-electron chi connectivity index (χ4n) is 4.31. The van der Waals surface area contributed by atoms with E-state index in [-0.39, 0.29) is 42.7 Å². The highest BCUT2D eigenvalue weighted by Crippen LogP contribution is 2.37. The van der Waals surface area contributed by atoms with E-state index in [1.54, 1.807) is 0 Å². The van der Waals surface area contributed by atoms with E-state index < -0.39 is 53.8 Å². The predicted molar refractivity (Wildman–Crippen MR) is 115 cm³/mol. The Hall–Kier alpha value is -4.29. The molecule has 2 aromatic carbocycles. The van der Waals surface area contributed by atoms with Gasteiger partial charge in [0.15, 0.2) is 0 Å². The van der Waals surface area contributed by atoms with Crippen molar-refractivity contribution in [2.24, 2.45) is 5.73 Å². The van der Waals surface area contributed by atoms with Gasteiger partial charge < -0.3 is 24.8 Å². The number of halogens is 3. The summed E-state index contributed by atoms with van der Waals surface area (Å²) in [5, 5.41) is 2.21. The molecular formula is C23H20F3N3O7. The fourth-order valence-corrected chi connectivity index (χ4v) is 4.31. The number of rotatable bonds is 7. The van der Waals surface area contributed by atoms with Crippen molar-refractivity contribution in [2.75, 3.05) is 7.11 Å². The lowest BCUT2D eigenvalue weighted by Crippen LogP contribution is -2.52. The molecule has 1 unspecified atom stereocenters. The first kappa shape index (κ1) is 24.8. The lowest BCUT2D eigenvalue weighted by Gasteiger charge is -2.29. The summed E-state index contributed by atoms with van der Waals surface area (Å²) < 4.78 is 55.2. The Kier molecular flexibility index (Phi) is 6.73. The molecule has 0 radical (unpaired) electrons. The molecular weight excluding hydrogens is 487 g/mol. The molecule has 190 valence electrons. The predicted octanol–water partition coefficient (Wildman–Crippen LogP) is 2.24. The topological polar surface area (TPSA) is 137 Å². The van der Waals surface area contributed by atoms with E-state index in [1.807, 2.05) is 0 Å². The first-order chi connectivity index (χ1) is 17.1. The maximum Gasteiger partial charge on any atom is 0.409 e. The Morgan fingerprint density at radius 2 is 1.94 bits per heavy atom. The fraction of sp³-hybridized carbons (Fsp3) is 0.304. The third kappa shape index (κ3) is 4.90. The maximum atomic E-state index is 14.9. The second-order valence-corrected chi connectivity index (χ2v) is 8.08. The largest absolute Gasteiger partial charge is 0.496 e. The van der Waals surface area contributed by atoms with Crippen molar-refractivity contribution in [3.05, 3.63) is 52.3 Å². The van der Waals surface area contributed by atoms with Crippen molar-refractivity contribution in [1.29, 1.82) is 0 Å². The third-order valence-corrected chi connectivity index (χ3v) is 5.84. The van der Waals surface area contributed by atoms with Crippen LogP contribution in [0.2, 0.25) is 0 Å². The lowest BCUT2D eigenvalue weighted by molar-refractivity contribution is -0.136. The SMILES string of the molecule is COc1cc(Cc2c(F)cc(OC(N)=O)cc2OC(F)F)cc2c1CN(C1CCC(=O)NC1=O)C2=O. The first-order valence-corrected chi connectivity index (χ1v) is 10.7. The number of piperidine rings is 1. The smallest absolute Gasteiger partial charge is 0.409 e. The summed E-state index contributed by atoms with van der Waals surface area (Å²) in [6.45, 7) is -3.25. The van der Waals surface area contributed by atoms with Gasteiger partial charge in [-0.2, -0.15) is 8.78 Å². The molecule has 4 rings (SSSR count). The number of nitrogens with one attached hydrogen (secondary N) is 1. The van der Waals surface area contributed by atoms with Crippen molar-refractivity contribution in [2.45, 2.75) is 38.5 Å². The number of carbonyl (C=O) groups is 4. The van der Waals surface area contributed by atoms with Crippen LogP contribution in [-0.2, 0) is 22.6 Å². The summed E-state index contributed by atoms with van der Waals surface area (Å²) in [5.41, 5.74) is 5.62. The lowest BCUT2D eigenvalue weighted by atomic mass is 9.98. The number of fused-ring (bicyclic) bond motifs is 1. The van der Waals surface area contributed by atoms with Gasteiger partial charge in [0.05, 0.1) is 13.7 Å². The Morgan fingerprint density at radius 1 is 1.19 bits per heavy atom. The van der Waals surface area contributed by atoms with Crippen LogP contribution < -0.4 is 25.3 Å². The molecule has 1 fully saturated rings. The van der Waals surface area contributed by atoms with E-state index in [0.717, 1.165) is 12.1 Å². The number of hydrogen-bond acceptors (Lipinski definition) is 7. The number of primary amides is 1. The highest BCUT2D eigenvalue weighted by atomic mass is 19.3. The van der Waals surface area contributed by atoms with E-state index in [1.165, 1.54) is 24.1 Å². The van der Waals surface area contributed by atoms with Crippen LogP contribution in [0.5, 0.6) is 17.2 Å². The molecule has 2 heterocycles. The minimum atomic E-state index is -3.30. The van der Waals surface area contributed by atoms with E-state index >= 15 is 0 Å². The summed E-state index contributed by atoms with van der Waals surface area (Å²) in [4.78, 5) is 49.2. The van der Waals surface area contributed by atoms with Gasteiger partial charge in [-0.1, -0.05) is 0 Å². The highest BCUT2D eigenvalue weighted by molar-refractivity contribution is 6.05. The summed E-state index contributed by atoms with van der Waals surface area (Å²) in [7, 11) is 1.36. The van der Waals surface area contributed by atoms with Gasteiger partial charge in [-0.3, -0.25) is 19.7 Å². The number of hydrogen-bond donors (Lipinski definition) is 2. The van der Waals surface area contributed by atoms with Crippen LogP contribution in [0.3, 0.4) is 0 Å². The molecule has 10 nitrogen and oxygen atoms in total. The van der Waals surface area contributed by atoms with E-state index in [4.69, 9.17) is 10.5 Å².